The first-order valence-electron chi connectivity index (χ1n) is 8.06. The van der Waals surface area contributed by atoms with Gasteiger partial charge in [0.15, 0.2) is 0 Å². The summed E-state index contributed by atoms with van der Waals surface area (Å²) in [6, 6.07) is 9.63. The predicted octanol–water partition coefficient (Wildman–Crippen LogP) is 1.57. The van der Waals surface area contributed by atoms with Gasteiger partial charge >= 0.3 is 6.03 Å². The molecule has 0 unspecified atom stereocenters. The van der Waals surface area contributed by atoms with Crippen LogP contribution in [0.2, 0.25) is 0 Å². The van der Waals surface area contributed by atoms with E-state index >= 15 is 0 Å². The molecule has 0 aliphatic rings. The summed E-state index contributed by atoms with van der Waals surface area (Å²) in [6.07, 6.45) is 5.01. The molecule has 2 heterocycles. The van der Waals surface area contributed by atoms with Crippen LogP contribution >= 0.6 is 0 Å². The van der Waals surface area contributed by atoms with Crippen LogP contribution in [0.5, 0.6) is 0 Å². The van der Waals surface area contributed by atoms with Gasteiger partial charge in [-0.1, -0.05) is 30.3 Å². The molecule has 8 heteroatoms. The molecule has 3 aromatic rings. The molecule has 130 valence electrons. The van der Waals surface area contributed by atoms with E-state index in [0.29, 0.717) is 13.1 Å². The molecule has 0 saturated heterocycles. The normalized spacial score (nSPS) is 11.9. The molecule has 0 radical (unpaired) electrons. The van der Waals surface area contributed by atoms with Gasteiger partial charge in [-0.2, -0.15) is 10.2 Å². The van der Waals surface area contributed by atoms with E-state index in [0.717, 1.165) is 16.8 Å². The van der Waals surface area contributed by atoms with Crippen molar-refractivity contribution < 1.29 is 4.79 Å². The van der Waals surface area contributed by atoms with Gasteiger partial charge in [0.05, 0.1) is 12.2 Å². The lowest BCUT2D eigenvalue weighted by atomic mass is 10.1. The van der Waals surface area contributed by atoms with Crippen molar-refractivity contribution in [1.82, 2.24) is 35.2 Å². The van der Waals surface area contributed by atoms with Crippen LogP contribution in [-0.2, 0) is 20.1 Å². The van der Waals surface area contributed by atoms with Crippen molar-refractivity contribution in [2.24, 2.45) is 7.05 Å². The fourth-order valence-corrected chi connectivity index (χ4v) is 2.61. The van der Waals surface area contributed by atoms with Crippen LogP contribution in [0.15, 0.2) is 49.2 Å². The lowest BCUT2D eigenvalue weighted by Crippen LogP contribution is -2.42. The molecule has 25 heavy (non-hydrogen) atoms. The highest BCUT2D eigenvalue weighted by Gasteiger charge is 2.12. The molecule has 1 aromatic carbocycles. The zero-order valence-electron chi connectivity index (χ0n) is 14.3. The second-order valence-corrected chi connectivity index (χ2v) is 5.89. The van der Waals surface area contributed by atoms with Gasteiger partial charge in [0.25, 0.3) is 0 Å². The molecule has 0 saturated carbocycles. The summed E-state index contributed by atoms with van der Waals surface area (Å²) < 4.78 is 3.43. The number of rotatable bonds is 6. The number of nitrogens with zero attached hydrogens (tertiary/aromatic N) is 5. The van der Waals surface area contributed by atoms with Gasteiger partial charge in [0.1, 0.15) is 12.7 Å². The minimum absolute atomic E-state index is 0.0656. The Morgan fingerprint density at radius 2 is 2.08 bits per heavy atom. The van der Waals surface area contributed by atoms with Crippen molar-refractivity contribution >= 4 is 6.03 Å². The average molecular weight is 339 g/mol. The largest absolute Gasteiger partial charge is 0.334 e. The minimum Gasteiger partial charge on any atom is -0.334 e. The van der Waals surface area contributed by atoms with Crippen molar-refractivity contribution in [3.63, 3.8) is 0 Å². The highest BCUT2D eigenvalue weighted by atomic mass is 16.2. The lowest BCUT2D eigenvalue weighted by molar-refractivity contribution is 0.235. The summed E-state index contributed by atoms with van der Waals surface area (Å²) in [6.45, 7) is 2.89. The molecule has 3 rings (SSSR count). The quantitative estimate of drug-likeness (QED) is 0.713. The summed E-state index contributed by atoms with van der Waals surface area (Å²) in [5.74, 6) is 0. The predicted molar refractivity (Wildman–Crippen MR) is 93.5 cm³/mol. The Kier molecular flexibility index (Phi) is 5.08. The molecule has 1 atom stereocenters. The van der Waals surface area contributed by atoms with Gasteiger partial charge in [-0.15, -0.1) is 0 Å². The van der Waals surface area contributed by atoms with Crippen molar-refractivity contribution in [2.45, 2.75) is 26.1 Å². The van der Waals surface area contributed by atoms with Gasteiger partial charge in [0.2, 0.25) is 0 Å². The Balaban J connectivity index is 1.57. The van der Waals surface area contributed by atoms with Crippen LogP contribution in [0, 0.1) is 0 Å². The Bertz CT molecular complexity index is 811. The van der Waals surface area contributed by atoms with E-state index in [-0.39, 0.29) is 12.1 Å². The standard InChI is InChI=1S/C17H21N7O/c1-13(9-24-12-18-11-20-24)21-17(25)19-8-15-10-23(2)22-16(15)14-6-4-3-5-7-14/h3-7,10-13H,8-9H2,1-2H3,(H2,19,21,25)/t13-/m0/s1. The summed E-state index contributed by atoms with van der Waals surface area (Å²) >= 11 is 0. The van der Waals surface area contributed by atoms with Crippen LogP contribution in [0.3, 0.4) is 0 Å². The number of carbonyl (C=O) groups is 1. The van der Waals surface area contributed by atoms with E-state index < -0.39 is 0 Å². The van der Waals surface area contributed by atoms with Gasteiger partial charge < -0.3 is 10.6 Å². The molecule has 0 spiro atoms. The van der Waals surface area contributed by atoms with Crippen LogP contribution in [-0.4, -0.2) is 36.6 Å². The number of hydrogen-bond donors (Lipinski definition) is 2. The second kappa shape index (κ2) is 7.61. The van der Waals surface area contributed by atoms with Crippen LogP contribution in [0.4, 0.5) is 4.79 Å². The van der Waals surface area contributed by atoms with Crippen molar-refractivity contribution in [3.8, 4) is 11.3 Å². The molecule has 8 nitrogen and oxygen atoms in total. The third-order valence-electron chi connectivity index (χ3n) is 3.70. The molecular weight excluding hydrogens is 318 g/mol. The summed E-state index contributed by atoms with van der Waals surface area (Å²) in [4.78, 5) is 16.0. The highest BCUT2D eigenvalue weighted by molar-refractivity contribution is 5.74. The summed E-state index contributed by atoms with van der Waals surface area (Å²) in [5.41, 5.74) is 2.87. The number of aromatic nitrogens is 5. The maximum absolute atomic E-state index is 12.1. The molecular formula is C17H21N7O. The first-order valence-corrected chi connectivity index (χ1v) is 8.06. The number of urea groups is 1. The van der Waals surface area contributed by atoms with E-state index in [4.69, 9.17) is 0 Å². The second-order valence-electron chi connectivity index (χ2n) is 5.89. The highest BCUT2D eigenvalue weighted by Crippen LogP contribution is 2.21. The van der Waals surface area contributed by atoms with Crippen molar-refractivity contribution in [3.05, 3.63) is 54.7 Å². The van der Waals surface area contributed by atoms with E-state index in [1.54, 1.807) is 15.7 Å². The van der Waals surface area contributed by atoms with E-state index in [1.165, 1.54) is 6.33 Å². The average Bonchev–Trinajstić information content (AvgIpc) is 3.23. The minimum atomic E-state index is -0.226. The van der Waals surface area contributed by atoms with Gasteiger partial charge in [0, 0.05) is 37.0 Å². The number of benzene rings is 1. The first-order chi connectivity index (χ1) is 12.1. The molecule has 0 bridgehead atoms. The fraction of sp³-hybridized carbons (Fsp3) is 0.294. The zero-order valence-corrected chi connectivity index (χ0v) is 14.3. The number of aryl methyl sites for hydroxylation is 1. The monoisotopic (exact) mass is 339 g/mol. The SMILES string of the molecule is C[C@@H](Cn1cncn1)NC(=O)NCc1cn(C)nc1-c1ccccc1. The van der Waals surface area contributed by atoms with E-state index in [9.17, 15) is 4.79 Å². The lowest BCUT2D eigenvalue weighted by Gasteiger charge is -2.14. The molecule has 2 amide bonds. The number of nitrogens with one attached hydrogen (secondary N) is 2. The van der Waals surface area contributed by atoms with Gasteiger partial charge in [-0.25, -0.2) is 9.78 Å². The van der Waals surface area contributed by atoms with Gasteiger partial charge in [-0.05, 0) is 6.92 Å². The fourth-order valence-electron chi connectivity index (χ4n) is 2.61. The van der Waals surface area contributed by atoms with E-state index in [2.05, 4.69) is 25.8 Å². The summed E-state index contributed by atoms with van der Waals surface area (Å²) in [7, 11) is 1.87. The Hall–Kier alpha value is -3.16. The van der Waals surface area contributed by atoms with E-state index in [1.807, 2.05) is 50.5 Å². The zero-order chi connectivity index (χ0) is 17.6. The third-order valence-corrected chi connectivity index (χ3v) is 3.70. The molecule has 2 N–H and O–H groups in total. The molecule has 0 aliphatic heterocycles. The number of carbonyl (C=O) groups excluding carboxylic acids is 1. The Labute approximate surface area is 145 Å². The smallest absolute Gasteiger partial charge is 0.315 e. The topological polar surface area (TPSA) is 89.7 Å². The van der Waals surface area contributed by atoms with Crippen LogP contribution < -0.4 is 10.6 Å². The Morgan fingerprint density at radius 3 is 2.80 bits per heavy atom. The van der Waals surface area contributed by atoms with Gasteiger partial charge in [-0.3, -0.25) is 9.36 Å². The van der Waals surface area contributed by atoms with Crippen molar-refractivity contribution in [2.75, 3.05) is 0 Å². The van der Waals surface area contributed by atoms with Crippen LogP contribution in [0.1, 0.15) is 12.5 Å². The Morgan fingerprint density at radius 1 is 1.28 bits per heavy atom. The third kappa shape index (κ3) is 4.43. The molecule has 2 aromatic heterocycles. The maximum Gasteiger partial charge on any atom is 0.315 e. The number of hydrogen-bond acceptors (Lipinski definition) is 4. The maximum atomic E-state index is 12.1. The number of amides is 2. The first kappa shape index (κ1) is 16.7. The summed E-state index contributed by atoms with van der Waals surface area (Å²) in [5, 5.41) is 14.3. The van der Waals surface area contributed by atoms with Crippen LogP contribution in [0.25, 0.3) is 11.3 Å². The molecule has 0 aliphatic carbocycles. The molecule has 0 fully saturated rings. The van der Waals surface area contributed by atoms with Crippen molar-refractivity contribution in [1.29, 1.82) is 0 Å².